The second-order valence-electron chi connectivity index (χ2n) is 8.10. The van der Waals surface area contributed by atoms with Crippen molar-refractivity contribution < 1.29 is 9.53 Å². The average molecular weight is 360 g/mol. The fourth-order valence-corrected chi connectivity index (χ4v) is 3.93. The predicted molar refractivity (Wildman–Crippen MR) is 104 cm³/mol. The van der Waals surface area contributed by atoms with E-state index in [9.17, 15) is 4.79 Å². The molecule has 26 heavy (non-hydrogen) atoms. The number of benzene rings is 1. The van der Waals surface area contributed by atoms with Crippen LogP contribution in [0.15, 0.2) is 24.3 Å². The van der Waals surface area contributed by atoms with Crippen molar-refractivity contribution in [3.8, 4) is 5.75 Å². The Labute approximate surface area is 157 Å². The molecule has 1 saturated carbocycles. The Hall–Kier alpha value is -1.75. The summed E-state index contributed by atoms with van der Waals surface area (Å²) in [6.45, 7) is 7.60. The SMILES string of the molecule is CC(C)COc1cccc(CNC(=O)NC2CCN(C3CCCC3)C2)c1. The van der Waals surface area contributed by atoms with Crippen LogP contribution >= 0.6 is 0 Å². The fourth-order valence-electron chi connectivity index (χ4n) is 3.93. The number of carbonyl (C=O) groups excluding carboxylic acids is 1. The number of nitrogens with one attached hydrogen (secondary N) is 2. The van der Waals surface area contributed by atoms with Crippen LogP contribution in [0.3, 0.4) is 0 Å². The van der Waals surface area contributed by atoms with Crippen LogP contribution < -0.4 is 15.4 Å². The molecule has 144 valence electrons. The van der Waals surface area contributed by atoms with E-state index in [0.717, 1.165) is 36.9 Å². The summed E-state index contributed by atoms with van der Waals surface area (Å²) in [5.41, 5.74) is 1.06. The molecule has 1 atom stereocenters. The number of nitrogens with zero attached hydrogens (tertiary/aromatic N) is 1. The van der Waals surface area contributed by atoms with E-state index in [4.69, 9.17) is 4.74 Å². The number of hydrogen-bond acceptors (Lipinski definition) is 3. The Kier molecular flexibility index (Phi) is 6.78. The van der Waals surface area contributed by atoms with E-state index in [1.807, 2.05) is 24.3 Å². The van der Waals surface area contributed by atoms with Gasteiger partial charge >= 0.3 is 6.03 Å². The van der Waals surface area contributed by atoms with Gasteiger partial charge < -0.3 is 15.4 Å². The fraction of sp³-hybridized carbons (Fsp3) is 0.667. The van der Waals surface area contributed by atoms with Gasteiger partial charge in [-0.2, -0.15) is 0 Å². The van der Waals surface area contributed by atoms with Crippen molar-refractivity contribution in [3.05, 3.63) is 29.8 Å². The number of carbonyl (C=O) groups is 1. The maximum absolute atomic E-state index is 12.2. The van der Waals surface area contributed by atoms with E-state index < -0.39 is 0 Å². The summed E-state index contributed by atoms with van der Waals surface area (Å²) in [7, 11) is 0. The summed E-state index contributed by atoms with van der Waals surface area (Å²) in [5, 5.41) is 6.11. The molecule has 0 radical (unpaired) electrons. The van der Waals surface area contributed by atoms with Crippen LogP contribution in [-0.4, -0.2) is 42.7 Å². The number of rotatable bonds is 7. The van der Waals surface area contributed by atoms with Gasteiger partial charge in [-0.3, -0.25) is 4.90 Å². The maximum atomic E-state index is 12.2. The predicted octanol–water partition coefficient (Wildman–Crippen LogP) is 3.54. The van der Waals surface area contributed by atoms with Crippen molar-refractivity contribution in [2.24, 2.45) is 5.92 Å². The molecular weight excluding hydrogens is 326 g/mol. The number of urea groups is 1. The molecule has 1 aliphatic carbocycles. The minimum Gasteiger partial charge on any atom is -0.493 e. The van der Waals surface area contributed by atoms with Gasteiger partial charge in [0, 0.05) is 31.7 Å². The van der Waals surface area contributed by atoms with Crippen molar-refractivity contribution in [2.75, 3.05) is 19.7 Å². The van der Waals surface area contributed by atoms with Crippen LogP contribution in [0.5, 0.6) is 5.75 Å². The Morgan fingerprint density at radius 3 is 2.85 bits per heavy atom. The van der Waals surface area contributed by atoms with Gasteiger partial charge in [-0.05, 0) is 42.9 Å². The van der Waals surface area contributed by atoms with E-state index >= 15 is 0 Å². The molecular formula is C21H33N3O2. The Morgan fingerprint density at radius 1 is 1.27 bits per heavy atom. The molecule has 1 aromatic rings. The minimum atomic E-state index is -0.0724. The normalized spacial score (nSPS) is 21.3. The van der Waals surface area contributed by atoms with Crippen molar-refractivity contribution in [3.63, 3.8) is 0 Å². The zero-order valence-corrected chi connectivity index (χ0v) is 16.2. The topological polar surface area (TPSA) is 53.6 Å². The van der Waals surface area contributed by atoms with Crippen molar-refractivity contribution >= 4 is 6.03 Å². The van der Waals surface area contributed by atoms with Gasteiger partial charge in [-0.15, -0.1) is 0 Å². The summed E-state index contributed by atoms with van der Waals surface area (Å²) in [4.78, 5) is 14.8. The van der Waals surface area contributed by atoms with Gasteiger partial charge in [0.15, 0.2) is 0 Å². The molecule has 3 rings (SSSR count). The molecule has 1 aromatic carbocycles. The summed E-state index contributed by atoms with van der Waals surface area (Å²) in [6, 6.07) is 8.90. The van der Waals surface area contributed by atoms with Gasteiger partial charge in [-0.1, -0.05) is 38.8 Å². The van der Waals surface area contributed by atoms with Gasteiger partial charge in [0.25, 0.3) is 0 Å². The summed E-state index contributed by atoms with van der Waals surface area (Å²) in [5.74, 6) is 1.36. The molecule has 2 fully saturated rings. The first-order valence-corrected chi connectivity index (χ1v) is 10.1. The van der Waals surface area contributed by atoms with Gasteiger partial charge in [0.05, 0.1) is 6.61 Å². The molecule has 1 saturated heterocycles. The lowest BCUT2D eigenvalue weighted by molar-refractivity contribution is 0.227. The van der Waals surface area contributed by atoms with E-state index in [0.29, 0.717) is 19.1 Å². The number of hydrogen-bond donors (Lipinski definition) is 2. The van der Waals surface area contributed by atoms with Crippen molar-refractivity contribution in [1.82, 2.24) is 15.5 Å². The average Bonchev–Trinajstić information content (AvgIpc) is 3.30. The van der Waals surface area contributed by atoms with Gasteiger partial charge in [0.2, 0.25) is 0 Å². The Balaban J connectivity index is 1.39. The Bertz CT molecular complexity index is 584. The van der Waals surface area contributed by atoms with E-state index in [2.05, 4.69) is 29.4 Å². The molecule has 5 nitrogen and oxygen atoms in total. The Morgan fingerprint density at radius 2 is 2.08 bits per heavy atom. The second kappa shape index (κ2) is 9.26. The zero-order valence-electron chi connectivity index (χ0n) is 16.2. The molecule has 2 N–H and O–H groups in total. The molecule has 2 amide bonds. The summed E-state index contributed by atoms with van der Waals surface area (Å²) >= 11 is 0. The van der Waals surface area contributed by atoms with E-state index in [1.54, 1.807) is 0 Å². The summed E-state index contributed by atoms with van der Waals surface area (Å²) < 4.78 is 5.75. The first-order chi connectivity index (χ1) is 12.6. The molecule has 0 aromatic heterocycles. The first-order valence-electron chi connectivity index (χ1n) is 10.1. The van der Waals surface area contributed by atoms with Crippen LogP contribution in [0, 0.1) is 5.92 Å². The quantitative estimate of drug-likeness (QED) is 0.783. The first kappa shape index (κ1) is 19.0. The van der Waals surface area contributed by atoms with Crippen LogP contribution in [0.1, 0.15) is 51.5 Å². The zero-order chi connectivity index (χ0) is 18.4. The highest BCUT2D eigenvalue weighted by Gasteiger charge is 2.30. The van der Waals surface area contributed by atoms with E-state index in [1.165, 1.54) is 25.7 Å². The smallest absolute Gasteiger partial charge is 0.315 e. The van der Waals surface area contributed by atoms with Gasteiger partial charge in [0.1, 0.15) is 5.75 Å². The standard InChI is InChI=1S/C21H33N3O2/c1-16(2)15-26-20-9-5-6-17(12-20)13-22-21(25)23-18-10-11-24(14-18)19-7-3-4-8-19/h5-6,9,12,16,18-19H,3-4,7-8,10-11,13-15H2,1-2H3,(H2,22,23,25). The minimum absolute atomic E-state index is 0.0724. The molecule has 5 heteroatoms. The van der Waals surface area contributed by atoms with Crippen LogP contribution in [0.25, 0.3) is 0 Å². The lowest BCUT2D eigenvalue weighted by Gasteiger charge is -2.23. The molecule has 1 heterocycles. The highest BCUT2D eigenvalue weighted by Crippen LogP contribution is 2.26. The van der Waals surface area contributed by atoms with Gasteiger partial charge in [-0.25, -0.2) is 4.79 Å². The molecule has 2 aliphatic rings. The number of amides is 2. The van der Waals surface area contributed by atoms with E-state index in [-0.39, 0.29) is 12.1 Å². The second-order valence-corrected chi connectivity index (χ2v) is 8.10. The molecule has 0 spiro atoms. The third-order valence-electron chi connectivity index (χ3n) is 5.33. The lowest BCUT2D eigenvalue weighted by atomic mass is 10.2. The largest absolute Gasteiger partial charge is 0.493 e. The monoisotopic (exact) mass is 359 g/mol. The van der Waals surface area contributed by atoms with Crippen LogP contribution in [0.4, 0.5) is 4.79 Å². The highest BCUT2D eigenvalue weighted by molar-refractivity contribution is 5.74. The third-order valence-corrected chi connectivity index (χ3v) is 5.33. The van der Waals surface area contributed by atoms with Crippen molar-refractivity contribution in [1.29, 1.82) is 0 Å². The molecule has 0 bridgehead atoms. The van der Waals surface area contributed by atoms with Crippen LogP contribution in [0.2, 0.25) is 0 Å². The summed E-state index contributed by atoms with van der Waals surface area (Å²) in [6.07, 6.45) is 6.43. The number of likely N-dealkylation sites (tertiary alicyclic amines) is 1. The molecule has 1 aliphatic heterocycles. The molecule has 1 unspecified atom stereocenters. The highest BCUT2D eigenvalue weighted by atomic mass is 16.5. The van der Waals surface area contributed by atoms with Crippen LogP contribution in [-0.2, 0) is 6.54 Å². The maximum Gasteiger partial charge on any atom is 0.315 e. The number of ether oxygens (including phenoxy) is 1. The lowest BCUT2D eigenvalue weighted by Crippen LogP contribution is -2.43. The van der Waals surface area contributed by atoms with Crippen molar-refractivity contribution in [2.45, 2.75) is 64.6 Å². The third kappa shape index (κ3) is 5.63.